The first-order chi connectivity index (χ1) is 9.79. The Bertz CT molecular complexity index is 634. The molecule has 4 heteroatoms. The highest BCUT2D eigenvalue weighted by atomic mass is 16.3. The molecule has 0 saturated carbocycles. The monoisotopic (exact) mass is 267 g/mol. The fourth-order valence-corrected chi connectivity index (χ4v) is 2.73. The van der Waals surface area contributed by atoms with E-state index in [1.165, 1.54) is 6.42 Å². The third-order valence-corrected chi connectivity index (χ3v) is 3.68. The zero-order valence-electron chi connectivity index (χ0n) is 11.6. The van der Waals surface area contributed by atoms with Crippen molar-refractivity contribution in [3.8, 4) is 17.4 Å². The molecule has 1 aliphatic rings. The molecule has 1 aliphatic heterocycles. The van der Waals surface area contributed by atoms with Crippen LogP contribution in [0.4, 0.5) is 5.82 Å². The number of rotatable bonds is 2. The second-order valence-electron chi connectivity index (χ2n) is 5.15. The van der Waals surface area contributed by atoms with Crippen molar-refractivity contribution in [1.29, 1.82) is 5.26 Å². The van der Waals surface area contributed by atoms with Gasteiger partial charge in [0.15, 0.2) is 0 Å². The van der Waals surface area contributed by atoms with Crippen LogP contribution < -0.4 is 4.90 Å². The highest BCUT2D eigenvalue weighted by Crippen LogP contribution is 2.31. The summed E-state index contributed by atoms with van der Waals surface area (Å²) in [5.41, 5.74) is 2.37. The number of hydrogen-bond acceptors (Lipinski definition) is 4. The van der Waals surface area contributed by atoms with Crippen molar-refractivity contribution in [2.24, 2.45) is 0 Å². The maximum atomic E-state index is 9.56. The van der Waals surface area contributed by atoms with Crippen molar-refractivity contribution in [1.82, 2.24) is 4.98 Å². The lowest BCUT2D eigenvalue weighted by atomic mass is 10.0. The van der Waals surface area contributed by atoms with Gasteiger partial charge in [-0.05, 0) is 44.4 Å². The Labute approximate surface area is 118 Å². The number of anilines is 1. The molecule has 2 aromatic heterocycles. The van der Waals surface area contributed by atoms with Gasteiger partial charge in [0.2, 0.25) is 0 Å². The van der Waals surface area contributed by atoms with Crippen LogP contribution in [-0.4, -0.2) is 18.1 Å². The van der Waals surface area contributed by atoms with Crippen molar-refractivity contribution < 1.29 is 4.42 Å². The lowest BCUT2D eigenvalue weighted by Crippen LogP contribution is -2.31. The molecule has 2 aromatic rings. The largest absolute Gasteiger partial charge is 0.464 e. The zero-order valence-corrected chi connectivity index (χ0v) is 11.6. The fraction of sp³-hybridized carbons (Fsp3) is 0.375. The molecule has 1 saturated heterocycles. The van der Waals surface area contributed by atoms with Crippen LogP contribution >= 0.6 is 0 Å². The Morgan fingerprint density at radius 2 is 2.10 bits per heavy atom. The number of hydrogen-bond donors (Lipinski definition) is 0. The summed E-state index contributed by atoms with van der Waals surface area (Å²) in [5, 5.41) is 9.56. The van der Waals surface area contributed by atoms with Gasteiger partial charge in [-0.1, -0.05) is 0 Å². The molecule has 102 valence electrons. The van der Waals surface area contributed by atoms with E-state index in [1.807, 2.05) is 25.1 Å². The first kappa shape index (κ1) is 12.7. The lowest BCUT2D eigenvalue weighted by Gasteiger charge is -2.29. The zero-order chi connectivity index (χ0) is 13.9. The summed E-state index contributed by atoms with van der Waals surface area (Å²) < 4.78 is 5.46. The molecule has 1 fully saturated rings. The molecule has 0 atom stereocenters. The molecule has 3 rings (SSSR count). The van der Waals surface area contributed by atoms with E-state index in [0.29, 0.717) is 5.56 Å². The molecule has 3 heterocycles. The fourth-order valence-electron chi connectivity index (χ4n) is 2.73. The summed E-state index contributed by atoms with van der Waals surface area (Å²) in [5.74, 6) is 1.53. The number of aromatic nitrogens is 1. The van der Waals surface area contributed by atoms with E-state index in [9.17, 15) is 5.26 Å². The predicted octanol–water partition coefficient (Wildman–Crippen LogP) is 3.51. The molecule has 20 heavy (non-hydrogen) atoms. The molecular formula is C16H17N3O. The van der Waals surface area contributed by atoms with E-state index in [-0.39, 0.29) is 0 Å². The highest BCUT2D eigenvalue weighted by Gasteiger charge is 2.20. The standard InChI is InChI=1S/C16H17N3O/c1-12-10-13(15-6-5-9-20-15)14(11-17)16(18-12)19-7-3-2-4-8-19/h5-6,9-10H,2-4,7-8H2,1H3. The second kappa shape index (κ2) is 5.38. The summed E-state index contributed by atoms with van der Waals surface area (Å²) in [7, 11) is 0. The van der Waals surface area contributed by atoms with Crippen LogP contribution in [0.1, 0.15) is 30.5 Å². The normalized spacial score (nSPS) is 15.1. The third-order valence-electron chi connectivity index (χ3n) is 3.68. The number of piperidine rings is 1. The Kier molecular flexibility index (Phi) is 3.42. The summed E-state index contributed by atoms with van der Waals surface area (Å²) in [6, 6.07) is 7.96. The Morgan fingerprint density at radius 3 is 2.75 bits per heavy atom. The van der Waals surface area contributed by atoms with E-state index < -0.39 is 0 Å². The van der Waals surface area contributed by atoms with Crippen LogP contribution in [0.5, 0.6) is 0 Å². The van der Waals surface area contributed by atoms with E-state index in [0.717, 1.165) is 48.8 Å². The topological polar surface area (TPSA) is 53.1 Å². The summed E-state index contributed by atoms with van der Waals surface area (Å²) in [6.45, 7) is 3.91. The maximum Gasteiger partial charge on any atom is 0.147 e. The van der Waals surface area contributed by atoms with E-state index in [4.69, 9.17) is 4.42 Å². The minimum Gasteiger partial charge on any atom is -0.464 e. The van der Waals surface area contributed by atoms with Crippen LogP contribution in [0.3, 0.4) is 0 Å². The Hall–Kier alpha value is -2.28. The van der Waals surface area contributed by atoms with Crippen LogP contribution in [0, 0.1) is 18.3 Å². The van der Waals surface area contributed by atoms with Gasteiger partial charge in [-0.25, -0.2) is 4.98 Å². The van der Waals surface area contributed by atoms with Gasteiger partial charge >= 0.3 is 0 Å². The summed E-state index contributed by atoms with van der Waals surface area (Å²) in [6.07, 6.45) is 5.22. The SMILES string of the molecule is Cc1cc(-c2ccco2)c(C#N)c(N2CCCCC2)n1. The molecular weight excluding hydrogens is 250 g/mol. The van der Waals surface area contributed by atoms with Gasteiger partial charge < -0.3 is 9.32 Å². The highest BCUT2D eigenvalue weighted by molar-refractivity contribution is 5.74. The van der Waals surface area contributed by atoms with E-state index >= 15 is 0 Å². The smallest absolute Gasteiger partial charge is 0.147 e. The Balaban J connectivity index is 2.12. The van der Waals surface area contributed by atoms with Gasteiger partial charge in [-0.3, -0.25) is 0 Å². The summed E-state index contributed by atoms with van der Waals surface area (Å²) >= 11 is 0. The molecule has 0 radical (unpaired) electrons. The maximum absolute atomic E-state index is 9.56. The first-order valence-electron chi connectivity index (χ1n) is 7.00. The van der Waals surface area contributed by atoms with Crippen molar-refractivity contribution in [3.05, 3.63) is 35.7 Å². The van der Waals surface area contributed by atoms with Gasteiger partial charge in [0.05, 0.1) is 6.26 Å². The quantitative estimate of drug-likeness (QED) is 0.835. The summed E-state index contributed by atoms with van der Waals surface area (Å²) in [4.78, 5) is 6.82. The molecule has 0 spiro atoms. The molecule has 0 unspecified atom stereocenters. The third kappa shape index (κ3) is 2.27. The van der Waals surface area contributed by atoms with E-state index in [2.05, 4.69) is 16.0 Å². The van der Waals surface area contributed by atoms with E-state index in [1.54, 1.807) is 6.26 Å². The average molecular weight is 267 g/mol. The van der Waals surface area contributed by atoms with Crippen molar-refractivity contribution >= 4 is 5.82 Å². The molecule has 0 aromatic carbocycles. The van der Waals surface area contributed by atoms with Gasteiger partial charge in [-0.15, -0.1) is 0 Å². The number of pyridine rings is 1. The second-order valence-corrected chi connectivity index (χ2v) is 5.15. The predicted molar refractivity (Wildman–Crippen MR) is 77.5 cm³/mol. The number of nitrogens with zero attached hydrogens (tertiary/aromatic N) is 3. The molecule has 0 aliphatic carbocycles. The number of furan rings is 1. The van der Waals surface area contributed by atoms with Crippen molar-refractivity contribution in [3.63, 3.8) is 0 Å². The van der Waals surface area contributed by atoms with Crippen molar-refractivity contribution in [2.75, 3.05) is 18.0 Å². The average Bonchev–Trinajstić information content (AvgIpc) is 3.01. The molecule has 4 nitrogen and oxygen atoms in total. The molecule has 0 N–H and O–H groups in total. The molecule has 0 amide bonds. The van der Waals surface area contributed by atoms with Crippen LogP contribution in [-0.2, 0) is 0 Å². The number of aryl methyl sites for hydroxylation is 1. The minimum absolute atomic E-state index is 0.618. The van der Waals surface area contributed by atoms with Gasteiger partial charge in [0, 0.05) is 24.3 Å². The van der Waals surface area contributed by atoms with Gasteiger partial charge in [-0.2, -0.15) is 5.26 Å². The number of nitriles is 1. The van der Waals surface area contributed by atoms with Crippen LogP contribution in [0.15, 0.2) is 28.9 Å². The van der Waals surface area contributed by atoms with Crippen LogP contribution in [0.25, 0.3) is 11.3 Å². The van der Waals surface area contributed by atoms with Gasteiger partial charge in [0.1, 0.15) is 23.2 Å². The van der Waals surface area contributed by atoms with Crippen molar-refractivity contribution in [2.45, 2.75) is 26.2 Å². The van der Waals surface area contributed by atoms with Gasteiger partial charge in [0.25, 0.3) is 0 Å². The Morgan fingerprint density at radius 1 is 1.30 bits per heavy atom. The van der Waals surface area contributed by atoms with Crippen LogP contribution in [0.2, 0.25) is 0 Å². The first-order valence-corrected chi connectivity index (χ1v) is 7.00. The molecule has 0 bridgehead atoms. The lowest BCUT2D eigenvalue weighted by molar-refractivity contribution is 0.571. The minimum atomic E-state index is 0.618.